The lowest BCUT2D eigenvalue weighted by atomic mass is 10.1. The van der Waals surface area contributed by atoms with Crippen LogP contribution in [0.3, 0.4) is 0 Å². The largest absolute Gasteiger partial charge is 0.379 e. The van der Waals surface area contributed by atoms with E-state index in [0.717, 1.165) is 12.1 Å². The van der Waals surface area contributed by atoms with E-state index in [2.05, 4.69) is 5.32 Å². The molecule has 19 heavy (non-hydrogen) atoms. The third-order valence-corrected chi connectivity index (χ3v) is 2.33. The number of carbonyl (C=O) groups excluding carboxylic acids is 1. The lowest BCUT2D eigenvalue weighted by molar-refractivity contribution is -0.393. The van der Waals surface area contributed by atoms with E-state index in [1.165, 1.54) is 0 Å². The highest BCUT2D eigenvalue weighted by atomic mass is 16.6. The molecule has 0 aliphatic rings. The molecule has 0 radical (unpaired) electrons. The molecule has 0 aromatic heterocycles. The third-order valence-electron chi connectivity index (χ3n) is 2.33. The summed E-state index contributed by atoms with van der Waals surface area (Å²) in [5.41, 5.74) is 3.64. The van der Waals surface area contributed by atoms with Crippen LogP contribution in [-0.2, 0) is 0 Å². The molecule has 1 amide bonds. The van der Waals surface area contributed by atoms with Crippen LogP contribution < -0.4 is 11.1 Å². The molecule has 0 saturated heterocycles. The summed E-state index contributed by atoms with van der Waals surface area (Å²) < 4.78 is 0. The summed E-state index contributed by atoms with van der Waals surface area (Å²) >= 11 is 0. The van der Waals surface area contributed by atoms with Gasteiger partial charge in [0, 0.05) is 12.6 Å². The van der Waals surface area contributed by atoms with Crippen LogP contribution >= 0.6 is 0 Å². The molecule has 9 nitrogen and oxygen atoms in total. The fourth-order valence-electron chi connectivity index (χ4n) is 1.49. The summed E-state index contributed by atoms with van der Waals surface area (Å²) in [5.74, 6) is -0.967. The summed E-state index contributed by atoms with van der Waals surface area (Å²) in [6, 6.07) is 1.72. The standard InChI is InChI=1S/C10H12N4O5/c1-2-3-12-9-7(10(11)15)4-6(13(16)17)5-8(9)14(18)19/h4-5,12H,2-3H2,1H3,(H2,11,15). The van der Waals surface area contributed by atoms with Gasteiger partial charge in [-0.05, 0) is 6.42 Å². The van der Waals surface area contributed by atoms with Crippen LogP contribution in [0.2, 0.25) is 0 Å². The van der Waals surface area contributed by atoms with E-state index in [-0.39, 0.29) is 11.3 Å². The molecule has 1 aromatic carbocycles. The minimum absolute atomic E-state index is 0.0926. The van der Waals surface area contributed by atoms with Gasteiger partial charge in [0.05, 0.1) is 21.5 Å². The number of rotatable bonds is 6. The molecule has 1 rings (SSSR count). The first-order valence-corrected chi connectivity index (χ1v) is 5.39. The Labute approximate surface area is 107 Å². The number of nitro benzene ring substituents is 2. The summed E-state index contributed by atoms with van der Waals surface area (Å²) in [6.07, 6.45) is 0.659. The topological polar surface area (TPSA) is 141 Å². The molecule has 0 fully saturated rings. The van der Waals surface area contributed by atoms with E-state index in [1.807, 2.05) is 6.92 Å². The number of primary amides is 1. The number of non-ortho nitro benzene ring substituents is 1. The van der Waals surface area contributed by atoms with E-state index in [4.69, 9.17) is 5.73 Å². The molecular weight excluding hydrogens is 256 g/mol. The minimum atomic E-state index is -0.967. The van der Waals surface area contributed by atoms with E-state index in [9.17, 15) is 25.0 Å². The second-order valence-corrected chi connectivity index (χ2v) is 3.69. The number of nitrogens with zero attached hydrogens (tertiary/aromatic N) is 2. The smallest absolute Gasteiger partial charge is 0.300 e. The van der Waals surface area contributed by atoms with Crippen molar-refractivity contribution in [2.45, 2.75) is 13.3 Å². The van der Waals surface area contributed by atoms with Crippen LogP contribution in [0.4, 0.5) is 17.1 Å². The van der Waals surface area contributed by atoms with Crippen molar-refractivity contribution < 1.29 is 14.6 Å². The molecule has 3 N–H and O–H groups in total. The van der Waals surface area contributed by atoms with Gasteiger partial charge in [-0.25, -0.2) is 0 Å². The summed E-state index contributed by atoms with van der Waals surface area (Å²) in [6.45, 7) is 2.20. The second-order valence-electron chi connectivity index (χ2n) is 3.69. The third kappa shape index (κ3) is 3.15. The number of benzene rings is 1. The van der Waals surface area contributed by atoms with E-state index < -0.39 is 27.1 Å². The van der Waals surface area contributed by atoms with E-state index in [1.54, 1.807) is 0 Å². The zero-order chi connectivity index (χ0) is 14.6. The lowest BCUT2D eigenvalue weighted by Crippen LogP contribution is -2.16. The van der Waals surface area contributed by atoms with Gasteiger partial charge < -0.3 is 11.1 Å². The van der Waals surface area contributed by atoms with Crippen LogP contribution in [0.5, 0.6) is 0 Å². The molecule has 0 unspecified atom stereocenters. The Morgan fingerprint density at radius 1 is 1.32 bits per heavy atom. The molecule has 9 heteroatoms. The number of carbonyl (C=O) groups is 1. The van der Waals surface area contributed by atoms with Crippen molar-refractivity contribution >= 4 is 23.0 Å². The number of nitrogens with one attached hydrogen (secondary N) is 1. The van der Waals surface area contributed by atoms with Gasteiger partial charge in [0.15, 0.2) is 0 Å². The Bertz CT molecular complexity index is 508. The molecular formula is C10H12N4O5. The molecule has 0 aliphatic heterocycles. The minimum Gasteiger partial charge on any atom is -0.379 e. The van der Waals surface area contributed by atoms with Crippen LogP contribution in [0.25, 0.3) is 0 Å². The molecule has 0 aliphatic carbocycles. The Balaban J connectivity index is 3.50. The molecule has 1 aromatic rings. The van der Waals surface area contributed by atoms with Crippen molar-refractivity contribution in [3.8, 4) is 0 Å². The molecule has 0 heterocycles. The normalized spacial score (nSPS) is 9.95. The summed E-state index contributed by atoms with van der Waals surface area (Å²) in [5, 5.41) is 24.3. The summed E-state index contributed by atoms with van der Waals surface area (Å²) in [4.78, 5) is 31.3. The molecule has 0 bridgehead atoms. The Kier molecular flexibility index (Phi) is 4.35. The Morgan fingerprint density at radius 3 is 2.37 bits per heavy atom. The van der Waals surface area contributed by atoms with Gasteiger partial charge in [-0.1, -0.05) is 6.92 Å². The second kappa shape index (κ2) is 5.76. The quantitative estimate of drug-likeness (QED) is 0.590. The number of hydrogen-bond acceptors (Lipinski definition) is 6. The van der Waals surface area contributed by atoms with Gasteiger partial charge >= 0.3 is 0 Å². The number of amides is 1. The fraction of sp³-hybridized carbons (Fsp3) is 0.300. The monoisotopic (exact) mass is 268 g/mol. The predicted molar refractivity (Wildman–Crippen MR) is 67.0 cm³/mol. The number of nitro groups is 2. The van der Waals surface area contributed by atoms with Crippen molar-refractivity contribution in [2.24, 2.45) is 5.73 Å². The fourth-order valence-corrected chi connectivity index (χ4v) is 1.49. The average molecular weight is 268 g/mol. The van der Waals surface area contributed by atoms with Gasteiger partial charge in [0.2, 0.25) is 0 Å². The molecule has 0 spiro atoms. The molecule has 102 valence electrons. The van der Waals surface area contributed by atoms with E-state index in [0.29, 0.717) is 13.0 Å². The Morgan fingerprint density at radius 2 is 1.95 bits per heavy atom. The van der Waals surface area contributed by atoms with Gasteiger partial charge in [-0.2, -0.15) is 0 Å². The number of nitrogens with two attached hydrogens (primary N) is 1. The first-order chi connectivity index (χ1) is 8.88. The van der Waals surface area contributed by atoms with Crippen molar-refractivity contribution in [3.63, 3.8) is 0 Å². The van der Waals surface area contributed by atoms with Crippen LogP contribution in [0, 0.1) is 20.2 Å². The number of hydrogen-bond donors (Lipinski definition) is 2. The highest BCUT2D eigenvalue weighted by Crippen LogP contribution is 2.33. The lowest BCUT2D eigenvalue weighted by Gasteiger charge is -2.09. The highest BCUT2D eigenvalue weighted by molar-refractivity contribution is 6.01. The van der Waals surface area contributed by atoms with Crippen LogP contribution in [0.1, 0.15) is 23.7 Å². The van der Waals surface area contributed by atoms with Crippen LogP contribution in [0.15, 0.2) is 12.1 Å². The maximum Gasteiger partial charge on any atom is 0.300 e. The van der Waals surface area contributed by atoms with E-state index >= 15 is 0 Å². The van der Waals surface area contributed by atoms with Crippen molar-refractivity contribution in [1.29, 1.82) is 0 Å². The maximum absolute atomic E-state index is 11.3. The highest BCUT2D eigenvalue weighted by Gasteiger charge is 2.26. The SMILES string of the molecule is CCCNc1c(C(N)=O)cc([N+](=O)[O-])cc1[N+](=O)[O-]. The van der Waals surface area contributed by atoms with Crippen molar-refractivity contribution in [3.05, 3.63) is 37.9 Å². The summed E-state index contributed by atoms with van der Waals surface area (Å²) in [7, 11) is 0. The van der Waals surface area contributed by atoms with Crippen LogP contribution in [-0.4, -0.2) is 22.3 Å². The van der Waals surface area contributed by atoms with Gasteiger partial charge in [0.1, 0.15) is 5.69 Å². The zero-order valence-corrected chi connectivity index (χ0v) is 10.1. The van der Waals surface area contributed by atoms with Crippen molar-refractivity contribution in [1.82, 2.24) is 0 Å². The molecule has 0 saturated carbocycles. The number of anilines is 1. The first-order valence-electron chi connectivity index (χ1n) is 5.39. The van der Waals surface area contributed by atoms with Gasteiger partial charge in [-0.3, -0.25) is 25.0 Å². The first kappa shape index (κ1) is 14.4. The van der Waals surface area contributed by atoms with Gasteiger partial charge in [0.25, 0.3) is 17.3 Å². The predicted octanol–water partition coefficient (Wildman–Crippen LogP) is 1.42. The maximum atomic E-state index is 11.3. The zero-order valence-electron chi connectivity index (χ0n) is 10.1. The van der Waals surface area contributed by atoms with Gasteiger partial charge in [-0.15, -0.1) is 0 Å². The average Bonchev–Trinajstić information content (AvgIpc) is 2.34. The Hall–Kier alpha value is -2.71. The van der Waals surface area contributed by atoms with Crippen molar-refractivity contribution in [2.75, 3.05) is 11.9 Å². The molecule has 0 atom stereocenters.